The molecule has 0 spiro atoms. The SMILES string of the molecule is CCCC(O)[C@H](CCC)N(C)COC. The molecule has 0 aromatic heterocycles. The summed E-state index contributed by atoms with van der Waals surface area (Å²) in [4.78, 5) is 2.09. The van der Waals surface area contributed by atoms with Gasteiger partial charge in [0.25, 0.3) is 0 Å². The van der Waals surface area contributed by atoms with Crippen LogP contribution in [-0.4, -0.2) is 43.0 Å². The molecule has 2 atom stereocenters. The Morgan fingerprint density at radius 2 is 1.79 bits per heavy atom. The second kappa shape index (κ2) is 8.21. The highest BCUT2D eigenvalue weighted by molar-refractivity contribution is 4.75. The molecule has 0 heterocycles. The van der Waals surface area contributed by atoms with Crippen molar-refractivity contribution < 1.29 is 9.84 Å². The molecule has 14 heavy (non-hydrogen) atoms. The Labute approximate surface area is 88.1 Å². The lowest BCUT2D eigenvalue weighted by Crippen LogP contribution is -2.42. The molecule has 0 rings (SSSR count). The van der Waals surface area contributed by atoms with Gasteiger partial charge in [0, 0.05) is 13.2 Å². The van der Waals surface area contributed by atoms with Crippen molar-refractivity contribution in [2.75, 3.05) is 20.9 Å². The summed E-state index contributed by atoms with van der Waals surface area (Å²) in [5.41, 5.74) is 0. The van der Waals surface area contributed by atoms with Gasteiger partial charge in [0.2, 0.25) is 0 Å². The second-order valence-corrected chi connectivity index (χ2v) is 3.89. The lowest BCUT2D eigenvalue weighted by atomic mass is 10.0. The fraction of sp³-hybridized carbons (Fsp3) is 1.00. The Morgan fingerprint density at radius 1 is 1.21 bits per heavy atom. The second-order valence-electron chi connectivity index (χ2n) is 3.89. The van der Waals surface area contributed by atoms with E-state index in [2.05, 4.69) is 18.7 Å². The first-order valence-electron chi connectivity index (χ1n) is 5.54. The van der Waals surface area contributed by atoms with Crippen molar-refractivity contribution in [3.8, 4) is 0 Å². The van der Waals surface area contributed by atoms with Crippen molar-refractivity contribution in [1.82, 2.24) is 4.90 Å². The lowest BCUT2D eigenvalue weighted by molar-refractivity contribution is -0.00846. The zero-order valence-electron chi connectivity index (χ0n) is 9.99. The van der Waals surface area contributed by atoms with Gasteiger partial charge >= 0.3 is 0 Å². The normalized spacial score (nSPS) is 15.9. The summed E-state index contributed by atoms with van der Waals surface area (Å²) in [6.45, 7) is 4.83. The zero-order valence-corrected chi connectivity index (χ0v) is 9.99. The van der Waals surface area contributed by atoms with Crippen LogP contribution in [0.15, 0.2) is 0 Å². The summed E-state index contributed by atoms with van der Waals surface area (Å²) in [6, 6.07) is 0.236. The highest BCUT2D eigenvalue weighted by atomic mass is 16.5. The van der Waals surface area contributed by atoms with Crippen LogP contribution >= 0.6 is 0 Å². The van der Waals surface area contributed by atoms with Crippen molar-refractivity contribution in [2.45, 2.75) is 51.7 Å². The number of hydrogen-bond donors (Lipinski definition) is 1. The number of ether oxygens (including phenoxy) is 1. The van der Waals surface area contributed by atoms with Gasteiger partial charge in [-0.2, -0.15) is 0 Å². The number of aliphatic hydroxyl groups excluding tert-OH is 1. The maximum atomic E-state index is 9.94. The largest absolute Gasteiger partial charge is 0.391 e. The van der Waals surface area contributed by atoms with E-state index in [1.54, 1.807) is 7.11 Å². The summed E-state index contributed by atoms with van der Waals surface area (Å²) < 4.78 is 5.07. The van der Waals surface area contributed by atoms with Crippen LogP contribution in [0.3, 0.4) is 0 Å². The molecule has 0 aromatic carbocycles. The number of nitrogens with zero attached hydrogens (tertiary/aromatic N) is 1. The lowest BCUT2D eigenvalue weighted by Gasteiger charge is -2.31. The van der Waals surface area contributed by atoms with Crippen LogP contribution in [0.5, 0.6) is 0 Å². The maximum Gasteiger partial charge on any atom is 0.0987 e. The minimum absolute atomic E-state index is 0.222. The van der Waals surface area contributed by atoms with Gasteiger partial charge in [-0.15, -0.1) is 0 Å². The van der Waals surface area contributed by atoms with Gasteiger partial charge in [-0.3, -0.25) is 4.90 Å². The zero-order chi connectivity index (χ0) is 11.0. The molecule has 86 valence electrons. The first-order valence-corrected chi connectivity index (χ1v) is 5.54. The number of methoxy groups -OCH3 is 1. The number of rotatable bonds is 8. The molecule has 0 radical (unpaired) electrons. The number of likely N-dealkylation sites (N-methyl/N-ethyl adjacent to an activating group) is 1. The summed E-state index contributed by atoms with van der Waals surface area (Å²) >= 11 is 0. The maximum absolute atomic E-state index is 9.94. The van der Waals surface area contributed by atoms with Crippen molar-refractivity contribution in [1.29, 1.82) is 0 Å². The van der Waals surface area contributed by atoms with E-state index in [1.807, 2.05) is 7.05 Å². The van der Waals surface area contributed by atoms with E-state index in [1.165, 1.54) is 0 Å². The summed E-state index contributed by atoms with van der Waals surface area (Å²) in [5.74, 6) is 0. The molecular weight excluding hydrogens is 178 g/mol. The van der Waals surface area contributed by atoms with Gasteiger partial charge in [-0.05, 0) is 19.9 Å². The van der Waals surface area contributed by atoms with Crippen LogP contribution in [0.4, 0.5) is 0 Å². The van der Waals surface area contributed by atoms with Crippen LogP contribution in [0, 0.1) is 0 Å². The predicted octanol–water partition coefficient (Wildman–Crippen LogP) is 1.85. The highest BCUT2D eigenvalue weighted by Gasteiger charge is 2.21. The Morgan fingerprint density at radius 3 is 2.21 bits per heavy atom. The first kappa shape index (κ1) is 13.9. The summed E-state index contributed by atoms with van der Waals surface area (Å²) in [5, 5.41) is 9.94. The molecular formula is C11H25NO2. The van der Waals surface area contributed by atoms with Gasteiger partial charge < -0.3 is 9.84 Å². The van der Waals surface area contributed by atoms with E-state index in [4.69, 9.17) is 4.74 Å². The molecule has 1 N–H and O–H groups in total. The van der Waals surface area contributed by atoms with Crippen LogP contribution in [0.25, 0.3) is 0 Å². The third kappa shape index (κ3) is 4.94. The first-order chi connectivity index (χ1) is 6.67. The average molecular weight is 203 g/mol. The molecule has 3 nitrogen and oxygen atoms in total. The Balaban J connectivity index is 4.10. The molecule has 1 unspecified atom stereocenters. The van der Waals surface area contributed by atoms with Gasteiger partial charge in [0.1, 0.15) is 0 Å². The molecule has 0 bridgehead atoms. The molecule has 0 fully saturated rings. The van der Waals surface area contributed by atoms with E-state index in [9.17, 15) is 5.11 Å². The van der Waals surface area contributed by atoms with Gasteiger partial charge in [-0.1, -0.05) is 26.7 Å². The topological polar surface area (TPSA) is 32.7 Å². The number of hydrogen-bond acceptors (Lipinski definition) is 3. The third-order valence-electron chi connectivity index (χ3n) is 2.51. The average Bonchev–Trinajstić information content (AvgIpc) is 2.14. The van der Waals surface area contributed by atoms with Crippen LogP contribution in [-0.2, 0) is 4.74 Å². The fourth-order valence-electron chi connectivity index (χ4n) is 1.79. The van der Waals surface area contributed by atoms with E-state index in [0.29, 0.717) is 6.73 Å². The van der Waals surface area contributed by atoms with Crippen LogP contribution in [0.2, 0.25) is 0 Å². The quantitative estimate of drug-likeness (QED) is 0.611. The Bertz CT molecular complexity index is 118. The Kier molecular flexibility index (Phi) is 8.14. The molecule has 0 aliphatic heterocycles. The number of aliphatic hydroxyl groups is 1. The molecule has 0 saturated carbocycles. The van der Waals surface area contributed by atoms with Gasteiger partial charge in [0.15, 0.2) is 0 Å². The van der Waals surface area contributed by atoms with Gasteiger partial charge in [0.05, 0.1) is 12.8 Å². The van der Waals surface area contributed by atoms with E-state index in [-0.39, 0.29) is 12.1 Å². The van der Waals surface area contributed by atoms with E-state index >= 15 is 0 Å². The van der Waals surface area contributed by atoms with Crippen LogP contribution < -0.4 is 0 Å². The molecule has 0 aliphatic rings. The van der Waals surface area contributed by atoms with Crippen molar-refractivity contribution >= 4 is 0 Å². The molecule has 0 aliphatic carbocycles. The summed E-state index contributed by atoms with van der Waals surface area (Å²) in [7, 11) is 3.69. The molecule has 0 saturated heterocycles. The Hall–Kier alpha value is -0.120. The fourth-order valence-corrected chi connectivity index (χ4v) is 1.79. The van der Waals surface area contributed by atoms with Crippen molar-refractivity contribution in [3.63, 3.8) is 0 Å². The van der Waals surface area contributed by atoms with E-state index in [0.717, 1.165) is 25.7 Å². The predicted molar refractivity (Wildman–Crippen MR) is 59.2 cm³/mol. The highest BCUT2D eigenvalue weighted by Crippen LogP contribution is 2.13. The minimum atomic E-state index is -0.222. The van der Waals surface area contributed by atoms with Crippen molar-refractivity contribution in [3.05, 3.63) is 0 Å². The molecule has 3 heteroatoms. The molecule has 0 aromatic rings. The van der Waals surface area contributed by atoms with Gasteiger partial charge in [-0.25, -0.2) is 0 Å². The smallest absolute Gasteiger partial charge is 0.0987 e. The van der Waals surface area contributed by atoms with Crippen LogP contribution in [0.1, 0.15) is 39.5 Å². The minimum Gasteiger partial charge on any atom is -0.391 e. The van der Waals surface area contributed by atoms with E-state index < -0.39 is 0 Å². The monoisotopic (exact) mass is 203 g/mol. The van der Waals surface area contributed by atoms with Crippen molar-refractivity contribution in [2.24, 2.45) is 0 Å². The standard InChI is InChI=1S/C11H25NO2/c1-5-7-10(11(13)8-6-2)12(3)9-14-4/h10-11,13H,5-9H2,1-4H3/t10-,11?/m0/s1. The molecule has 0 amide bonds. The third-order valence-corrected chi connectivity index (χ3v) is 2.51. The summed E-state index contributed by atoms with van der Waals surface area (Å²) in [6.07, 6.45) is 3.81.